The van der Waals surface area contributed by atoms with Crippen LogP contribution in [0.4, 0.5) is 0 Å². The fraction of sp³-hybridized carbons (Fsp3) is 0.938. The number of rotatable bonds is 9. The summed E-state index contributed by atoms with van der Waals surface area (Å²) in [5.74, 6) is 0. The molecule has 0 aromatic rings. The lowest BCUT2D eigenvalue weighted by molar-refractivity contribution is 0.392. The van der Waals surface area contributed by atoms with Gasteiger partial charge in [-0.2, -0.15) is 0 Å². The molecule has 0 N–H and O–H groups in total. The first-order chi connectivity index (χ1) is 9.17. The predicted octanol–water partition coefficient (Wildman–Crippen LogP) is 4.72. The SMILES string of the molecule is CCCCCCCC=NCCN1CCCC[Si]1(C)C. The molecule has 1 saturated heterocycles. The molecule has 0 aromatic heterocycles. The van der Waals surface area contributed by atoms with Crippen molar-refractivity contribution in [3.8, 4) is 0 Å². The van der Waals surface area contributed by atoms with Crippen LogP contribution in [0.15, 0.2) is 4.99 Å². The summed E-state index contributed by atoms with van der Waals surface area (Å²) in [7, 11) is -1.05. The van der Waals surface area contributed by atoms with Crippen molar-refractivity contribution in [2.45, 2.75) is 77.4 Å². The van der Waals surface area contributed by atoms with Gasteiger partial charge in [-0.3, -0.25) is 4.99 Å². The van der Waals surface area contributed by atoms with E-state index in [2.05, 4.69) is 35.8 Å². The van der Waals surface area contributed by atoms with E-state index in [0.717, 1.165) is 6.54 Å². The van der Waals surface area contributed by atoms with Gasteiger partial charge in [-0.15, -0.1) is 0 Å². The number of unbranched alkanes of at least 4 members (excludes halogenated alkanes) is 5. The fourth-order valence-corrected chi connectivity index (χ4v) is 5.84. The van der Waals surface area contributed by atoms with Gasteiger partial charge in [0.25, 0.3) is 0 Å². The normalized spacial score (nSPS) is 20.2. The molecule has 0 radical (unpaired) electrons. The molecule has 1 heterocycles. The van der Waals surface area contributed by atoms with E-state index in [0.29, 0.717) is 0 Å². The monoisotopic (exact) mass is 282 g/mol. The molecule has 0 aliphatic carbocycles. The molecule has 0 unspecified atom stereocenters. The highest BCUT2D eigenvalue weighted by Gasteiger charge is 2.31. The average molecular weight is 283 g/mol. The Morgan fingerprint density at radius 2 is 1.89 bits per heavy atom. The van der Waals surface area contributed by atoms with Gasteiger partial charge in [0.15, 0.2) is 0 Å². The maximum absolute atomic E-state index is 4.60. The molecule has 0 saturated carbocycles. The third-order valence-electron chi connectivity index (χ3n) is 4.39. The van der Waals surface area contributed by atoms with Gasteiger partial charge >= 0.3 is 0 Å². The van der Waals surface area contributed by atoms with E-state index in [-0.39, 0.29) is 0 Å². The minimum Gasteiger partial charge on any atom is -0.322 e. The molecule has 1 aliphatic heterocycles. The van der Waals surface area contributed by atoms with Crippen LogP contribution in [0, 0.1) is 0 Å². The Balaban J connectivity index is 2.03. The molecular formula is C16H34N2Si. The highest BCUT2D eigenvalue weighted by atomic mass is 28.3. The summed E-state index contributed by atoms with van der Waals surface area (Å²) in [6.07, 6.45) is 13.1. The lowest BCUT2D eigenvalue weighted by Crippen LogP contribution is -2.52. The predicted molar refractivity (Wildman–Crippen MR) is 89.8 cm³/mol. The highest BCUT2D eigenvalue weighted by Crippen LogP contribution is 2.24. The summed E-state index contributed by atoms with van der Waals surface area (Å²) in [6.45, 7) is 10.8. The molecule has 0 amide bonds. The fourth-order valence-electron chi connectivity index (χ4n) is 2.94. The Labute approximate surface area is 121 Å². The van der Waals surface area contributed by atoms with Crippen molar-refractivity contribution in [1.82, 2.24) is 4.57 Å². The van der Waals surface area contributed by atoms with Gasteiger partial charge in [0.2, 0.25) is 0 Å². The zero-order valence-electron chi connectivity index (χ0n) is 13.5. The Kier molecular flexibility index (Phi) is 8.63. The second-order valence-corrected chi connectivity index (χ2v) is 11.3. The molecule has 0 aromatic carbocycles. The molecule has 0 spiro atoms. The van der Waals surface area contributed by atoms with Gasteiger partial charge < -0.3 is 4.57 Å². The van der Waals surface area contributed by atoms with Gasteiger partial charge in [0.05, 0.1) is 6.54 Å². The van der Waals surface area contributed by atoms with Crippen molar-refractivity contribution < 1.29 is 0 Å². The zero-order chi connectivity index (χ0) is 14.0. The van der Waals surface area contributed by atoms with E-state index in [9.17, 15) is 0 Å². The first kappa shape index (κ1) is 16.9. The maximum Gasteiger partial charge on any atom is 0.122 e. The largest absolute Gasteiger partial charge is 0.322 e. The molecule has 2 nitrogen and oxygen atoms in total. The van der Waals surface area contributed by atoms with Crippen molar-refractivity contribution in [3.05, 3.63) is 0 Å². The summed E-state index contributed by atoms with van der Waals surface area (Å²) in [5.41, 5.74) is 0. The number of nitrogens with zero attached hydrogens (tertiary/aromatic N) is 2. The molecule has 19 heavy (non-hydrogen) atoms. The smallest absolute Gasteiger partial charge is 0.122 e. The van der Waals surface area contributed by atoms with E-state index >= 15 is 0 Å². The van der Waals surface area contributed by atoms with Crippen LogP contribution in [0.25, 0.3) is 0 Å². The zero-order valence-corrected chi connectivity index (χ0v) is 14.5. The van der Waals surface area contributed by atoms with Crippen LogP contribution in [0.3, 0.4) is 0 Å². The van der Waals surface area contributed by atoms with E-state index in [1.807, 2.05) is 0 Å². The highest BCUT2D eigenvalue weighted by molar-refractivity contribution is 6.74. The topological polar surface area (TPSA) is 15.6 Å². The van der Waals surface area contributed by atoms with Crippen LogP contribution >= 0.6 is 0 Å². The summed E-state index contributed by atoms with van der Waals surface area (Å²) in [6, 6.07) is 1.48. The third kappa shape index (κ3) is 7.26. The van der Waals surface area contributed by atoms with Gasteiger partial charge in [0, 0.05) is 6.54 Å². The summed E-state index contributed by atoms with van der Waals surface area (Å²) in [5, 5.41) is 0. The van der Waals surface area contributed by atoms with Crippen LogP contribution in [0.2, 0.25) is 19.1 Å². The summed E-state index contributed by atoms with van der Waals surface area (Å²) >= 11 is 0. The number of hydrogen-bond donors (Lipinski definition) is 0. The second kappa shape index (κ2) is 9.70. The van der Waals surface area contributed by atoms with Crippen LogP contribution in [0.5, 0.6) is 0 Å². The summed E-state index contributed by atoms with van der Waals surface area (Å²) in [4.78, 5) is 4.60. The molecule has 3 heteroatoms. The van der Waals surface area contributed by atoms with Crippen molar-refractivity contribution in [2.75, 3.05) is 19.6 Å². The maximum atomic E-state index is 4.60. The van der Waals surface area contributed by atoms with Crippen LogP contribution in [-0.4, -0.2) is 38.6 Å². The van der Waals surface area contributed by atoms with Gasteiger partial charge in [-0.1, -0.05) is 52.1 Å². The van der Waals surface area contributed by atoms with Crippen molar-refractivity contribution >= 4 is 14.5 Å². The third-order valence-corrected chi connectivity index (χ3v) is 8.12. The van der Waals surface area contributed by atoms with Crippen molar-refractivity contribution in [2.24, 2.45) is 4.99 Å². The van der Waals surface area contributed by atoms with Crippen LogP contribution in [-0.2, 0) is 0 Å². The van der Waals surface area contributed by atoms with Gasteiger partial charge in [0.1, 0.15) is 8.24 Å². The Hall–Kier alpha value is -0.153. The molecule has 0 bridgehead atoms. The molecular weight excluding hydrogens is 248 g/mol. The lowest BCUT2D eigenvalue weighted by Gasteiger charge is -2.40. The Bertz CT molecular complexity index is 251. The van der Waals surface area contributed by atoms with E-state index < -0.39 is 8.24 Å². The minimum atomic E-state index is -1.05. The quantitative estimate of drug-likeness (QED) is 0.339. The van der Waals surface area contributed by atoms with E-state index in [4.69, 9.17) is 0 Å². The van der Waals surface area contributed by atoms with Crippen molar-refractivity contribution in [1.29, 1.82) is 0 Å². The van der Waals surface area contributed by atoms with E-state index in [1.165, 1.54) is 70.5 Å². The van der Waals surface area contributed by atoms with Crippen LogP contribution in [0.1, 0.15) is 58.3 Å². The molecule has 1 rings (SSSR count). The lowest BCUT2D eigenvalue weighted by atomic mass is 10.1. The summed E-state index contributed by atoms with van der Waals surface area (Å²) < 4.78 is 2.76. The molecule has 0 atom stereocenters. The van der Waals surface area contributed by atoms with E-state index in [1.54, 1.807) is 0 Å². The first-order valence-corrected chi connectivity index (χ1v) is 11.6. The Morgan fingerprint density at radius 1 is 1.11 bits per heavy atom. The molecule has 112 valence electrons. The minimum absolute atomic E-state index is 1.02. The standard InChI is InChI=1S/C16H34N2Si/c1-4-5-6-7-8-9-12-17-13-15-18-14-10-11-16-19(18,2)3/h12H,4-11,13-16H2,1-3H3. The Morgan fingerprint density at radius 3 is 2.63 bits per heavy atom. The van der Waals surface area contributed by atoms with Crippen LogP contribution < -0.4 is 0 Å². The second-order valence-electron chi connectivity index (χ2n) is 6.55. The molecule has 1 aliphatic rings. The average Bonchev–Trinajstić information content (AvgIpc) is 2.38. The van der Waals surface area contributed by atoms with Crippen molar-refractivity contribution in [3.63, 3.8) is 0 Å². The van der Waals surface area contributed by atoms with Gasteiger partial charge in [-0.25, -0.2) is 0 Å². The number of hydrogen-bond acceptors (Lipinski definition) is 2. The molecule has 1 fully saturated rings. The first-order valence-electron chi connectivity index (χ1n) is 8.40. The number of aliphatic imine (C=N–C) groups is 1. The van der Waals surface area contributed by atoms with Gasteiger partial charge in [-0.05, 0) is 38.1 Å².